The quantitative estimate of drug-likeness (QED) is 0.850. The van der Waals surface area contributed by atoms with Crippen molar-refractivity contribution >= 4 is 11.8 Å². The number of hydrogen-bond acceptors (Lipinski definition) is 4. The topological polar surface area (TPSA) is 43.2 Å². The van der Waals surface area contributed by atoms with E-state index < -0.39 is 0 Å². The van der Waals surface area contributed by atoms with E-state index in [0.717, 1.165) is 12.8 Å². The van der Waals surface area contributed by atoms with Crippen molar-refractivity contribution in [3.63, 3.8) is 0 Å². The molecule has 2 aromatic carbocycles. The van der Waals surface area contributed by atoms with Gasteiger partial charge < -0.3 is 9.47 Å². The number of hydrogen-bond donors (Lipinski definition) is 0. The van der Waals surface area contributed by atoms with Gasteiger partial charge in [0.05, 0.1) is 6.54 Å². The molecule has 0 saturated heterocycles. The molecule has 0 atom stereocenters. The largest absolute Gasteiger partial charge is 0.472 e. The minimum atomic E-state index is -0.313. The first-order chi connectivity index (χ1) is 11.8. The Balaban J connectivity index is 1.65. The first kappa shape index (κ1) is 14.9. The molecule has 0 aliphatic carbocycles. The molecule has 4 nitrogen and oxygen atoms in total. The molecule has 24 heavy (non-hydrogen) atoms. The van der Waals surface area contributed by atoms with E-state index in [9.17, 15) is 0 Å². The van der Waals surface area contributed by atoms with E-state index in [4.69, 9.17) is 14.5 Å². The summed E-state index contributed by atoms with van der Waals surface area (Å²) in [7, 11) is 0. The first-order valence-corrected chi connectivity index (χ1v) is 8.31. The van der Waals surface area contributed by atoms with Crippen molar-refractivity contribution in [2.24, 2.45) is 9.98 Å². The molecular weight excluding hydrogens is 300 g/mol. The van der Waals surface area contributed by atoms with E-state index in [2.05, 4.69) is 53.5 Å². The van der Waals surface area contributed by atoms with Crippen LogP contribution in [0.1, 0.15) is 11.1 Å². The fraction of sp³-hybridized carbons (Fsp3) is 0.300. The van der Waals surface area contributed by atoms with Crippen molar-refractivity contribution < 1.29 is 9.47 Å². The van der Waals surface area contributed by atoms with Crippen molar-refractivity contribution in [1.29, 1.82) is 0 Å². The van der Waals surface area contributed by atoms with Gasteiger partial charge in [0, 0.05) is 12.8 Å². The van der Waals surface area contributed by atoms with Gasteiger partial charge in [0.2, 0.25) is 0 Å². The Kier molecular flexibility index (Phi) is 4.03. The standard InChI is InChI=1S/C20H20N2O2/c1-3-7-16(8-4-1)13-20(14-17-9-5-2-6-10-17)15-24-19(22-20)18-21-11-12-23-18/h1-10H,11-15H2. The van der Waals surface area contributed by atoms with Gasteiger partial charge in [-0.2, -0.15) is 0 Å². The van der Waals surface area contributed by atoms with Crippen LogP contribution in [0, 0.1) is 0 Å². The lowest BCUT2D eigenvalue weighted by Crippen LogP contribution is -2.34. The molecule has 122 valence electrons. The van der Waals surface area contributed by atoms with Crippen LogP contribution in [0.2, 0.25) is 0 Å². The molecule has 0 aromatic heterocycles. The van der Waals surface area contributed by atoms with Crippen LogP contribution in [0.4, 0.5) is 0 Å². The summed E-state index contributed by atoms with van der Waals surface area (Å²) >= 11 is 0. The summed E-state index contributed by atoms with van der Waals surface area (Å²) in [6, 6.07) is 20.9. The van der Waals surface area contributed by atoms with E-state index in [-0.39, 0.29) is 5.54 Å². The smallest absolute Gasteiger partial charge is 0.273 e. The van der Waals surface area contributed by atoms with Gasteiger partial charge in [0.25, 0.3) is 11.8 Å². The molecule has 0 saturated carbocycles. The molecule has 2 aliphatic heterocycles. The summed E-state index contributed by atoms with van der Waals surface area (Å²) in [5.74, 6) is 1.11. The van der Waals surface area contributed by atoms with Gasteiger partial charge >= 0.3 is 0 Å². The second kappa shape index (κ2) is 6.48. The summed E-state index contributed by atoms with van der Waals surface area (Å²) in [6.07, 6.45) is 1.67. The number of nitrogens with zero attached hydrogens (tertiary/aromatic N) is 2. The van der Waals surface area contributed by atoms with Crippen molar-refractivity contribution in [3.8, 4) is 0 Å². The SMILES string of the molecule is c1ccc(CC2(Cc3ccccc3)COC(C3=NCCO3)=N2)cc1. The Morgan fingerprint density at radius 1 is 0.792 bits per heavy atom. The third-order valence-corrected chi connectivity index (χ3v) is 4.34. The average Bonchev–Trinajstić information content (AvgIpc) is 3.27. The highest BCUT2D eigenvalue weighted by atomic mass is 16.5. The number of benzene rings is 2. The van der Waals surface area contributed by atoms with E-state index >= 15 is 0 Å². The molecule has 0 bridgehead atoms. The van der Waals surface area contributed by atoms with Gasteiger partial charge in [-0.3, -0.25) is 0 Å². The van der Waals surface area contributed by atoms with Gasteiger partial charge in [0.15, 0.2) is 0 Å². The fourth-order valence-corrected chi connectivity index (χ4v) is 3.25. The van der Waals surface area contributed by atoms with Crippen LogP contribution < -0.4 is 0 Å². The molecule has 0 radical (unpaired) electrons. The van der Waals surface area contributed by atoms with Crippen LogP contribution in [0.25, 0.3) is 0 Å². The Morgan fingerprint density at radius 2 is 1.42 bits per heavy atom. The van der Waals surface area contributed by atoms with Gasteiger partial charge in [-0.15, -0.1) is 0 Å². The maximum Gasteiger partial charge on any atom is 0.273 e. The van der Waals surface area contributed by atoms with E-state index in [0.29, 0.717) is 31.6 Å². The van der Waals surface area contributed by atoms with Gasteiger partial charge in [0.1, 0.15) is 18.8 Å². The number of ether oxygens (including phenoxy) is 2. The lowest BCUT2D eigenvalue weighted by atomic mass is 9.86. The van der Waals surface area contributed by atoms with Gasteiger partial charge in [-0.1, -0.05) is 60.7 Å². The molecule has 2 aliphatic rings. The zero-order valence-electron chi connectivity index (χ0n) is 13.5. The van der Waals surface area contributed by atoms with E-state index in [1.807, 2.05) is 12.1 Å². The Hall–Kier alpha value is -2.62. The minimum absolute atomic E-state index is 0.313. The van der Waals surface area contributed by atoms with Crippen molar-refractivity contribution in [2.75, 3.05) is 19.8 Å². The van der Waals surface area contributed by atoms with Crippen molar-refractivity contribution in [1.82, 2.24) is 0 Å². The van der Waals surface area contributed by atoms with Crippen LogP contribution in [0.5, 0.6) is 0 Å². The molecule has 4 rings (SSSR count). The third kappa shape index (κ3) is 3.18. The zero-order valence-corrected chi connectivity index (χ0v) is 13.5. The lowest BCUT2D eigenvalue weighted by Gasteiger charge is -2.24. The molecular formula is C20H20N2O2. The fourth-order valence-electron chi connectivity index (χ4n) is 3.25. The Labute approximate surface area is 141 Å². The molecule has 0 spiro atoms. The Bertz CT molecular complexity index is 712. The molecule has 2 heterocycles. The highest BCUT2D eigenvalue weighted by Crippen LogP contribution is 2.29. The summed E-state index contributed by atoms with van der Waals surface area (Å²) in [6.45, 7) is 1.85. The predicted molar refractivity (Wildman–Crippen MR) is 94.7 cm³/mol. The minimum Gasteiger partial charge on any atom is -0.472 e. The monoisotopic (exact) mass is 320 g/mol. The van der Waals surface area contributed by atoms with Crippen LogP contribution >= 0.6 is 0 Å². The Morgan fingerprint density at radius 3 is 1.96 bits per heavy atom. The van der Waals surface area contributed by atoms with Gasteiger partial charge in [-0.25, -0.2) is 9.98 Å². The highest BCUT2D eigenvalue weighted by Gasteiger charge is 2.39. The maximum absolute atomic E-state index is 5.89. The van der Waals surface area contributed by atoms with Crippen LogP contribution in [-0.4, -0.2) is 37.1 Å². The molecule has 4 heteroatoms. The van der Waals surface area contributed by atoms with Gasteiger partial charge in [-0.05, 0) is 11.1 Å². The first-order valence-electron chi connectivity index (χ1n) is 8.31. The van der Waals surface area contributed by atoms with E-state index in [1.54, 1.807) is 0 Å². The van der Waals surface area contributed by atoms with Crippen LogP contribution in [0.15, 0.2) is 70.6 Å². The van der Waals surface area contributed by atoms with E-state index in [1.165, 1.54) is 11.1 Å². The van der Waals surface area contributed by atoms with Crippen LogP contribution in [0.3, 0.4) is 0 Å². The molecule has 0 amide bonds. The van der Waals surface area contributed by atoms with Crippen molar-refractivity contribution in [2.45, 2.75) is 18.4 Å². The predicted octanol–water partition coefficient (Wildman–Crippen LogP) is 3.07. The number of rotatable bonds is 5. The summed E-state index contributed by atoms with van der Waals surface area (Å²) in [5.41, 5.74) is 2.21. The third-order valence-electron chi connectivity index (χ3n) is 4.34. The molecule has 0 fully saturated rings. The molecule has 0 unspecified atom stereocenters. The normalized spacial score (nSPS) is 18.5. The second-order valence-electron chi connectivity index (χ2n) is 6.29. The summed E-state index contributed by atoms with van der Waals surface area (Å²) in [4.78, 5) is 9.27. The van der Waals surface area contributed by atoms with Crippen LogP contribution in [-0.2, 0) is 22.3 Å². The summed E-state index contributed by atoms with van der Waals surface area (Å²) < 4.78 is 11.4. The highest BCUT2D eigenvalue weighted by molar-refractivity contribution is 6.36. The molecule has 0 N–H and O–H groups in total. The lowest BCUT2D eigenvalue weighted by molar-refractivity contribution is 0.249. The summed E-state index contributed by atoms with van der Waals surface area (Å²) in [5, 5.41) is 0. The second-order valence-corrected chi connectivity index (χ2v) is 6.29. The molecule has 2 aromatic rings. The van der Waals surface area contributed by atoms with Crippen molar-refractivity contribution in [3.05, 3.63) is 71.8 Å². The maximum atomic E-state index is 5.89. The average molecular weight is 320 g/mol. The number of aliphatic imine (C=N–C) groups is 2. The zero-order chi connectivity index (χ0) is 16.2.